The average Bonchev–Trinajstić information content (AvgIpc) is 2.36. The summed E-state index contributed by atoms with van der Waals surface area (Å²) in [7, 11) is 1.57. The van der Waals surface area contributed by atoms with E-state index in [1.165, 1.54) is 18.2 Å². The van der Waals surface area contributed by atoms with Crippen molar-refractivity contribution in [3.63, 3.8) is 0 Å². The predicted octanol–water partition coefficient (Wildman–Crippen LogP) is 1.52. The minimum absolute atomic E-state index is 0.0599. The number of rotatable bonds is 8. The highest BCUT2D eigenvalue weighted by Crippen LogP contribution is 2.22. The van der Waals surface area contributed by atoms with Crippen LogP contribution >= 0.6 is 0 Å². The van der Waals surface area contributed by atoms with Crippen LogP contribution in [0.5, 0.6) is 0 Å². The summed E-state index contributed by atoms with van der Waals surface area (Å²) < 4.78 is 37.1. The molecule has 1 unspecified atom stereocenters. The van der Waals surface area contributed by atoms with Crippen LogP contribution in [0.1, 0.15) is 18.0 Å². The fourth-order valence-corrected chi connectivity index (χ4v) is 1.60. The van der Waals surface area contributed by atoms with Gasteiger partial charge in [0.25, 0.3) is 0 Å². The molecule has 0 saturated carbocycles. The van der Waals surface area contributed by atoms with E-state index < -0.39 is 17.7 Å². The lowest BCUT2D eigenvalue weighted by molar-refractivity contribution is 0.0655. The van der Waals surface area contributed by atoms with Crippen molar-refractivity contribution in [1.29, 1.82) is 0 Å². The normalized spacial score (nSPS) is 12.7. The van der Waals surface area contributed by atoms with Crippen molar-refractivity contribution in [2.24, 2.45) is 5.84 Å². The SMILES string of the molecule is COCCOCCC(NN)c1c(F)cccc1F. The molecule has 0 spiro atoms. The van der Waals surface area contributed by atoms with Crippen LogP contribution in [0.15, 0.2) is 18.2 Å². The first-order valence-corrected chi connectivity index (χ1v) is 5.67. The number of benzene rings is 1. The minimum atomic E-state index is -0.617. The molecule has 0 saturated heterocycles. The van der Waals surface area contributed by atoms with E-state index in [0.29, 0.717) is 26.2 Å². The minimum Gasteiger partial charge on any atom is -0.382 e. The van der Waals surface area contributed by atoms with E-state index in [1.54, 1.807) is 7.11 Å². The van der Waals surface area contributed by atoms with Gasteiger partial charge in [0.15, 0.2) is 0 Å². The van der Waals surface area contributed by atoms with Gasteiger partial charge in [-0.05, 0) is 18.6 Å². The Balaban J connectivity index is 2.55. The number of ether oxygens (including phenoxy) is 2. The molecular formula is C12H18F2N2O2. The first kappa shape index (κ1) is 15.0. The van der Waals surface area contributed by atoms with Gasteiger partial charge in [0.2, 0.25) is 0 Å². The molecule has 0 fully saturated rings. The lowest BCUT2D eigenvalue weighted by Crippen LogP contribution is -2.30. The Bertz CT molecular complexity index is 344. The highest BCUT2D eigenvalue weighted by Gasteiger charge is 2.18. The van der Waals surface area contributed by atoms with Gasteiger partial charge >= 0.3 is 0 Å². The molecule has 0 heterocycles. The van der Waals surface area contributed by atoms with Gasteiger partial charge in [-0.2, -0.15) is 0 Å². The Morgan fingerprint density at radius 1 is 1.22 bits per heavy atom. The summed E-state index contributed by atoms with van der Waals surface area (Å²) in [6.45, 7) is 1.26. The second-order valence-electron chi connectivity index (χ2n) is 3.75. The van der Waals surface area contributed by atoms with Gasteiger partial charge < -0.3 is 9.47 Å². The van der Waals surface area contributed by atoms with Crippen LogP contribution in [0, 0.1) is 11.6 Å². The monoisotopic (exact) mass is 260 g/mol. The van der Waals surface area contributed by atoms with Crippen LogP contribution in [0.25, 0.3) is 0 Å². The molecule has 102 valence electrons. The number of hydrogen-bond acceptors (Lipinski definition) is 4. The molecule has 0 aliphatic carbocycles. The van der Waals surface area contributed by atoms with Gasteiger partial charge in [-0.25, -0.2) is 8.78 Å². The van der Waals surface area contributed by atoms with E-state index in [1.807, 2.05) is 0 Å². The number of hydrogen-bond donors (Lipinski definition) is 2. The summed E-state index contributed by atoms with van der Waals surface area (Å²) in [5.74, 6) is 4.09. The molecular weight excluding hydrogens is 242 g/mol. The second-order valence-corrected chi connectivity index (χ2v) is 3.75. The third kappa shape index (κ3) is 4.30. The molecule has 0 radical (unpaired) electrons. The molecule has 0 aliphatic rings. The van der Waals surface area contributed by atoms with Gasteiger partial charge in [-0.3, -0.25) is 11.3 Å². The lowest BCUT2D eigenvalue weighted by atomic mass is 10.0. The van der Waals surface area contributed by atoms with Crippen LogP contribution in [-0.2, 0) is 9.47 Å². The summed E-state index contributed by atoms with van der Waals surface area (Å²) >= 11 is 0. The van der Waals surface area contributed by atoms with Crippen molar-refractivity contribution in [2.75, 3.05) is 26.9 Å². The molecule has 1 aromatic rings. The van der Waals surface area contributed by atoms with Crippen LogP contribution in [0.2, 0.25) is 0 Å². The lowest BCUT2D eigenvalue weighted by Gasteiger charge is -2.17. The Labute approximate surface area is 105 Å². The predicted molar refractivity (Wildman–Crippen MR) is 63.7 cm³/mol. The number of nitrogens with one attached hydrogen (secondary N) is 1. The molecule has 4 nitrogen and oxygen atoms in total. The van der Waals surface area contributed by atoms with Crippen molar-refractivity contribution in [3.8, 4) is 0 Å². The maximum absolute atomic E-state index is 13.5. The summed E-state index contributed by atoms with van der Waals surface area (Å²) in [5, 5.41) is 0. The molecule has 3 N–H and O–H groups in total. The van der Waals surface area contributed by atoms with Gasteiger partial charge in [-0.1, -0.05) is 6.07 Å². The average molecular weight is 260 g/mol. The molecule has 0 bridgehead atoms. The smallest absolute Gasteiger partial charge is 0.130 e. The molecule has 0 aromatic heterocycles. The summed E-state index contributed by atoms with van der Waals surface area (Å²) in [6.07, 6.45) is 0.373. The fraction of sp³-hybridized carbons (Fsp3) is 0.500. The number of halogens is 2. The van der Waals surface area contributed by atoms with E-state index in [2.05, 4.69) is 5.43 Å². The largest absolute Gasteiger partial charge is 0.382 e. The highest BCUT2D eigenvalue weighted by atomic mass is 19.1. The number of hydrazine groups is 1. The molecule has 6 heteroatoms. The fourth-order valence-electron chi connectivity index (χ4n) is 1.60. The zero-order valence-corrected chi connectivity index (χ0v) is 10.3. The quantitative estimate of drug-likeness (QED) is 0.423. The molecule has 18 heavy (non-hydrogen) atoms. The van der Waals surface area contributed by atoms with Crippen molar-refractivity contribution in [3.05, 3.63) is 35.4 Å². The number of methoxy groups -OCH3 is 1. The summed E-state index contributed by atoms with van der Waals surface area (Å²) in [4.78, 5) is 0. The molecule has 1 atom stereocenters. The summed E-state index contributed by atoms with van der Waals surface area (Å²) in [5.41, 5.74) is 2.34. The zero-order valence-electron chi connectivity index (χ0n) is 10.3. The van der Waals surface area contributed by atoms with Gasteiger partial charge in [0.05, 0.1) is 19.3 Å². The van der Waals surface area contributed by atoms with E-state index in [-0.39, 0.29) is 5.56 Å². The maximum atomic E-state index is 13.5. The van der Waals surface area contributed by atoms with E-state index in [4.69, 9.17) is 15.3 Å². The van der Waals surface area contributed by atoms with Crippen LogP contribution in [0.3, 0.4) is 0 Å². The first-order chi connectivity index (χ1) is 8.70. The van der Waals surface area contributed by atoms with Gasteiger partial charge in [0, 0.05) is 19.3 Å². The van der Waals surface area contributed by atoms with Crippen molar-refractivity contribution in [2.45, 2.75) is 12.5 Å². The van der Waals surface area contributed by atoms with Crippen LogP contribution in [-0.4, -0.2) is 26.9 Å². The van der Waals surface area contributed by atoms with Gasteiger partial charge in [-0.15, -0.1) is 0 Å². The van der Waals surface area contributed by atoms with E-state index in [0.717, 1.165) is 0 Å². The molecule has 0 amide bonds. The molecule has 1 rings (SSSR count). The maximum Gasteiger partial charge on any atom is 0.130 e. The molecule has 1 aromatic carbocycles. The Morgan fingerprint density at radius 2 is 1.89 bits per heavy atom. The summed E-state index contributed by atoms with van der Waals surface area (Å²) in [6, 6.07) is 3.11. The second kappa shape index (κ2) is 8.10. The molecule has 0 aliphatic heterocycles. The standard InChI is InChI=1S/C12H18F2N2O2/c1-17-7-8-18-6-5-11(16-15)12-9(13)3-2-4-10(12)14/h2-4,11,16H,5-8,15H2,1H3. The Morgan fingerprint density at radius 3 is 2.44 bits per heavy atom. The van der Waals surface area contributed by atoms with Crippen molar-refractivity contribution in [1.82, 2.24) is 5.43 Å². The Hall–Kier alpha value is -1.08. The zero-order chi connectivity index (χ0) is 13.4. The van der Waals surface area contributed by atoms with Gasteiger partial charge in [0.1, 0.15) is 11.6 Å². The third-order valence-electron chi connectivity index (χ3n) is 2.53. The highest BCUT2D eigenvalue weighted by molar-refractivity contribution is 5.23. The van der Waals surface area contributed by atoms with Crippen LogP contribution < -0.4 is 11.3 Å². The van der Waals surface area contributed by atoms with E-state index >= 15 is 0 Å². The van der Waals surface area contributed by atoms with Crippen LogP contribution in [0.4, 0.5) is 8.78 Å². The van der Waals surface area contributed by atoms with E-state index in [9.17, 15) is 8.78 Å². The Kier molecular flexibility index (Phi) is 6.74. The van der Waals surface area contributed by atoms with Crippen molar-refractivity contribution >= 4 is 0 Å². The van der Waals surface area contributed by atoms with Crippen molar-refractivity contribution < 1.29 is 18.3 Å². The first-order valence-electron chi connectivity index (χ1n) is 5.67. The third-order valence-corrected chi connectivity index (χ3v) is 2.53. The number of nitrogens with two attached hydrogens (primary N) is 1. The topological polar surface area (TPSA) is 56.5 Å².